The Morgan fingerprint density at radius 3 is 2.55 bits per heavy atom. The SMILES string of the molecule is CCNC(C)c1ccc(N(C)CCOC(C)C)cc1Br. The molecule has 0 heterocycles. The molecule has 1 atom stereocenters. The van der Waals surface area contributed by atoms with Gasteiger partial charge >= 0.3 is 0 Å². The Hall–Kier alpha value is -0.580. The maximum Gasteiger partial charge on any atom is 0.0644 e. The summed E-state index contributed by atoms with van der Waals surface area (Å²) in [5.41, 5.74) is 2.50. The normalized spacial score (nSPS) is 12.8. The summed E-state index contributed by atoms with van der Waals surface area (Å²) < 4.78 is 6.75. The Balaban J connectivity index is 2.66. The van der Waals surface area contributed by atoms with Crippen molar-refractivity contribution in [3.8, 4) is 0 Å². The summed E-state index contributed by atoms with van der Waals surface area (Å²) in [5.74, 6) is 0. The fraction of sp³-hybridized carbons (Fsp3) is 0.625. The van der Waals surface area contributed by atoms with Crippen LogP contribution in [0, 0.1) is 0 Å². The third-order valence-corrected chi connectivity index (χ3v) is 3.97. The predicted octanol–water partition coefficient (Wildman–Crippen LogP) is 3.98. The van der Waals surface area contributed by atoms with E-state index in [9.17, 15) is 0 Å². The van der Waals surface area contributed by atoms with Gasteiger partial charge in [0.1, 0.15) is 0 Å². The molecule has 3 nitrogen and oxygen atoms in total. The molecule has 1 unspecified atom stereocenters. The van der Waals surface area contributed by atoms with E-state index >= 15 is 0 Å². The van der Waals surface area contributed by atoms with E-state index in [1.807, 2.05) is 0 Å². The van der Waals surface area contributed by atoms with Crippen LogP contribution in [-0.4, -0.2) is 32.8 Å². The fourth-order valence-corrected chi connectivity index (χ4v) is 2.79. The molecule has 0 bridgehead atoms. The van der Waals surface area contributed by atoms with Crippen LogP contribution in [0.15, 0.2) is 22.7 Å². The second-order valence-corrected chi connectivity index (χ2v) is 6.18. The molecule has 0 radical (unpaired) electrons. The minimum absolute atomic E-state index is 0.290. The van der Waals surface area contributed by atoms with E-state index in [1.165, 1.54) is 11.3 Å². The van der Waals surface area contributed by atoms with E-state index in [0.29, 0.717) is 12.1 Å². The molecule has 0 saturated carbocycles. The zero-order valence-corrected chi connectivity index (χ0v) is 14.8. The first-order valence-corrected chi connectivity index (χ1v) is 8.10. The van der Waals surface area contributed by atoms with Crippen molar-refractivity contribution in [1.82, 2.24) is 5.32 Å². The average Bonchev–Trinajstić information content (AvgIpc) is 2.38. The lowest BCUT2D eigenvalue weighted by Crippen LogP contribution is -2.24. The molecule has 0 aliphatic rings. The highest BCUT2D eigenvalue weighted by Crippen LogP contribution is 2.27. The molecule has 114 valence electrons. The van der Waals surface area contributed by atoms with Crippen molar-refractivity contribution < 1.29 is 4.74 Å². The van der Waals surface area contributed by atoms with Crippen molar-refractivity contribution in [3.05, 3.63) is 28.2 Å². The lowest BCUT2D eigenvalue weighted by Gasteiger charge is -2.22. The van der Waals surface area contributed by atoms with Crippen molar-refractivity contribution in [2.45, 2.75) is 39.8 Å². The molecule has 0 saturated heterocycles. The quantitative estimate of drug-likeness (QED) is 0.773. The number of hydrogen-bond donors (Lipinski definition) is 1. The number of hydrogen-bond acceptors (Lipinski definition) is 3. The molecular weight excluding hydrogens is 316 g/mol. The number of rotatable bonds is 8. The van der Waals surface area contributed by atoms with Crippen LogP contribution < -0.4 is 10.2 Å². The number of benzene rings is 1. The number of nitrogens with one attached hydrogen (secondary N) is 1. The molecule has 0 amide bonds. The Labute approximate surface area is 131 Å². The summed E-state index contributed by atoms with van der Waals surface area (Å²) >= 11 is 3.68. The van der Waals surface area contributed by atoms with Gasteiger partial charge in [-0.1, -0.05) is 28.9 Å². The first-order valence-electron chi connectivity index (χ1n) is 7.31. The van der Waals surface area contributed by atoms with Crippen LogP contribution in [0.4, 0.5) is 5.69 Å². The van der Waals surface area contributed by atoms with Gasteiger partial charge in [-0.3, -0.25) is 0 Å². The molecular formula is C16H27BrN2O. The van der Waals surface area contributed by atoms with Gasteiger partial charge < -0.3 is 15.0 Å². The molecule has 4 heteroatoms. The highest BCUT2D eigenvalue weighted by molar-refractivity contribution is 9.10. The third kappa shape index (κ3) is 5.43. The van der Waals surface area contributed by atoms with Crippen LogP contribution in [0.25, 0.3) is 0 Å². The molecule has 0 aromatic heterocycles. The fourth-order valence-electron chi connectivity index (χ4n) is 2.08. The summed E-state index contributed by atoms with van der Waals surface area (Å²) in [7, 11) is 2.10. The number of anilines is 1. The molecule has 1 N–H and O–H groups in total. The summed E-state index contributed by atoms with van der Waals surface area (Å²) in [4.78, 5) is 2.22. The summed E-state index contributed by atoms with van der Waals surface area (Å²) in [6.45, 7) is 11.1. The van der Waals surface area contributed by atoms with E-state index < -0.39 is 0 Å². The lowest BCUT2D eigenvalue weighted by atomic mass is 10.1. The third-order valence-electron chi connectivity index (χ3n) is 3.28. The minimum Gasteiger partial charge on any atom is -0.377 e. The van der Waals surface area contributed by atoms with Gasteiger partial charge in [-0.05, 0) is 45.0 Å². The van der Waals surface area contributed by atoms with Crippen LogP contribution >= 0.6 is 15.9 Å². The Morgan fingerprint density at radius 1 is 1.30 bits per heavy atom. The average molecular weight is 343 g/mol. The second-order valence-electron chi connectivity index (χ2n) is 5.33. The second kappa shape index (κ2) is 8.65. The van der Waals surface area contributed by atoms with Crippen molar-refractivity contribution >= 4 is 21.6 Å². The Bertz CT molecular complexity index is 409. The van der Waals surface area contributed by atoms with Gasteiger partial charge in [-0.15, -0.1) is 0 Å². The first-order chi connectivity index (χ1) is 9.45. The topological polar surface area (TPSA) is 24.5 Å². The molecule has 1 aromatic carbocycles. The number of ether oxygens (including phenoxy) is 1. The summed E-state index contributed by atoms with van der Waals surface area (Å²) in [5, 5.41) is 3.43. The van der Waals surface area contributed by atoms with Crippen LogP contribution in [0.2, 0.25) is 0 Å². The highest BCUT2D eigenvalue weighted by atomic mass is 79.9. The molecule has 20 heavy (non-hydrogen) atoms. The molecule has 0 fully saturated rings. The maximum atomic E-state index is 5.59. The monoisotopic (exact) mass is 342 g/mol. The van der Waals surface area contributed by atoms with Gasteiger partial charge in [0.2, 0.25) is 0 Å². The first kappa shape index (κ1) is 17.5. The van der Waals surface area contributed by atoms with E-state index in [-0.39, 0.29) is 0 Å². The van der Waals surface area contributed by atoms with Crippen LogP contribution in [-0.2, 0) is 4.74 Å². The summed E-state index contributed by atoms with van der Waals surface area (Å²) in [6.07, 6.45) is 0.290. The lowest BCUT2D eigenvalue weighted by molar-refractivity contribution is 0.0846. The van der Waals surface area contributed by atoms with Gasteiger partial charge in [0.05, 0.1) is 12.7 Å². The van der Waals surface area contributed by atoms with Crippen LogP contribution in [0.3, 0.4) is 0 Å². The van der Waals surface area contributed by atoms with Gasteiger partial charge in [-0.2, -0.15) is 0 Å². The number of nitrogens with zero attached hydrogens (tertiary/aromatic N) is 1. The number of halogens is 1. The van der Waals surface area contributed by atoms with E-state index in [1.54, 1.807) is 0 Å². The smallest absolute Gasteiger partial charge is 0.0644 e. The van der Waals surface area contributed by atoms with Crippen molar-refractivity contribution in [1.29, 1.82) is 0 Å². The van der Waals surface area contributed by atoms with Crippen LogP contribution in [0.1, 0.15) is 39.3 Å². The largest absolute Gasteiger partial charge is 0.377 e. The van der Waals surface area contributed by atoms with Gasteiger partial charge in [0.25, 0.3) is 0 Å². The van der Waals surface area contributed by atoms with Crippen molar-refractivity contribution in [3.63, 3.8) is 0 Å². The molecule has 0 spiro atoms. The van der Waals surface area contributed by atoms with Crippen molar-refractivity contribution in [2.24, 2.45) is 0 Å². The van der Waals surface area contributed by atoms with Gasteiger partial charge in [0.15, 0.2) is 0 Å². The van der Waals surface area contributed by atoms with E-state index in [2.05, 4.69) is 79.1 Å². The van der Waals surface area contributed by atoms with E-state index in [0.717, 1.165) is 24.2 Å². The van der Waals surface area contributed by atoms with Gasteiger partial charge in [-0.25, -0.2) is 0 Å². The highest BCUT2D eigenvalue weighted by Gasteiger charge is 2.10. The predicted molar refractivity (Wildman–Crippen MR) is 90.6 cm³/mol. The van der Waals surface area contributed by atoms with Gasteiger partial charge in [0, 0.05) is 29.8 Å². The van der Waals surface area contributed by atoms with Crippen LogP contribution in [0.5, 0.6) is 0 Å². The molecule has 0 aliphatic heterocycles. The zero-order valence-electron chi connectivity index (χ0n) is 13.2. The Morgan fingerprint density at radius 2 is 2.00 bits per heavy atom. The van der Waals surface area contributed by atoms with E-state index in [4.69, 9.17) is 4.74 Å². The summed E-state index contributed by atoms with van der Waals surface area (Å²) in [6, 6.07) is 6.90. The minimum atomic E-state index is 0.290. The van der Waals surface area contributed by atoms with Crippen molar-refractivity contribution in [2.75, 3.05) is 31.6 Å². The maximum absolute atomic E-state index is 5.59. The Kier molecular flexibility index (Phi) is 7.56. The standard InChI is InChI=1S/C16H27BrN2O/c1-6-18-13(4)15-8-7-14(11-16(15)17)19(5)9-10-20-12(2)3/h7-8,11-13,18H,6,9-10H2,1-5H3. The zero-order chi connectivity index (χ0) is 15.1. The number of likely N-dealkylation sites (N-methyl/N-ethyl adjacent to an activating group) is 1. The molecule has 1 rings (SSSR count). The molecule has 1 aromatic rings. The molecule has 0 aliphatic carbocycles.